The van der Waals surface area contributed by atoms with Gasteiger partial charge in [0.15, 0.2) is 23.3 Å². The van der Waals surface area contributed by atoms with E-state index in [2.05, 4.69) is 20.8 Å². The monoisotopic (exact) mass is 500 g/mol. The minimum absolute atomic E-state index is 0. The Labute approximate surface area is 183 Å². The molecule has 2 aromatic rings. The highest BCUT2D eigenvalue weighted by atomic mass is 127. The van der Waals surface area contributed by atoms with Crippen LogP contribution in [0.3, 0.4) is 0 Å². The summed E-state index contributed by atoms with van der Waals surface area (Å²) in [6, 6.07) is 6.16. The fourth-order valence-corrected chi connectivity index (χ4v) is 3.17. The molecular weight excluding hydrogens is 471 g/mol. The lowest BCUT2D eigenvalue weighted by molar-refractivity contribution is 0.355. The molecule has 1 heterocycles. The number of hydrogen-bond donors (Lipinski definition) is 2. The molecule has 2 N–H and O–H groups in total. The number of anilines is 1. The molecule has 0 radical (unpaired) electrons. The van der Waals surface area contributed by atoms with Gasteiger partial charge in [0.2, 0.25) is 0 Å². The van der Waals surface area contributed by atoms with Crippen LogP contribution in [0.15, 0.2) is 23.2 Å². The quantitative estimate of drug-likeness (QED) is 0.360. The lowest BCUT2D eigenvalue weighted by Crippen LogP contribution is -2.37. The lowest BCUT2D eigenvalue weighted by Gasteiger charge is -2.18. The van der Waals surface area contributed by atoms with E-state index in [0.717, 1.165) is 36.1 Å². The Bertz CT molecular complexity index is 802. The molecule has 0 atom stereocenters. The van der Waals surface area contributed by atoms with Gasteiger partial charge in [0.05, 0.1) is 14.2 Å². The van der Waals surface area contributed by atoms with E-state index in [1.54, 1.807) is 14.2 Å². The number of ether oxygens (including phenoxy) is 2. The molecule has 1 aliphatic rings. The third-order valence-corrected chi connectivity index (χ3v) is 4.90. The SMILES string of the molecule is COc1ccc(NC(=NCc2nnc(C)n2C)NC2CCCC2)cc1OC.I. The predicted molar refractivity (Wildman–Crippen MR) is 121 cm³/mol. The highest BCUT2D eigenvalue weighted by Gasteiger charge is 2.17. The number of guanidine groups is 1. The van der Waals surface area contributed by atoms with E-state index in [4.69, 9.17) is 14.5 Å². The molecule has 3 rings (SSSR count). The molecule has 0 saturated heterocycles. The van der Waals surface area contributed by atoms with Gasteiger partial charge >= 0.3 is 0 Å². The molecule has 0 unspecified atom stereocenters. The van der Waals surface area contributed by atoms with Crippen molar-refractivity contribution < 1.29 is 9.47 Å². The van der Waals surface area contributed by atoms with E-state index < -0.39 is 0 Å². The van der Waals surface area contributed by atoms with Gasteiger partial charge in [0.1, 0.15) is 12.4 Å². The highest BCUT2D eigenvalue weighted by Crippen LogP contribution is 2.29. The number of nitrogens with one attached hydrogen (secondary N) is 2. The summed E-state index contributed by atoms with van der Waals surface area (Å²) in [6.45, 7) is 2.38. The summed E-state index contributed by atoms with van der Waals surface area (Å²) in [5.41, 5.74) is 0.881. The number of halogens is 1. The normalized spacial score (nSPS) is 14.5. The van der Waals surface area contributed by atoms with E-state index in [1.165, 1.54) is 12.8 Å². The fourth-order valence-electron chi connectivity index (χ4n) is 3.17. The zero-order valence-corrected chi connectivity index (χ0v) is 19.2. The molecule has 0 aliphatic heterocycles. The minimum Gasteiger partial charge on any atom is -0.493 e. The van der Waals surface area contributed by atoms with Crippen molar-refractivity contribution in [3.8, 4) is 11.5 Å². The van der Waals surface area contributed by atoms with Crippen LogP contribution < -0.4 is 20.1 Å². The first-order valence-electron chi connectivity index (χ1n) is 9.25. The average Bonchev–Trinajstić information content (AvgIpc) is 3.30. The Kier molecular flexibility index (Phi) is 8.34. The molecule has 154 valence electrons. The summed E-state index contributed by atoms with van der Waals surface area (Å²) >= 11 is 0. The Morgan fingerprint density at radius 3 is 2.50 bits per heavy atom. The number of hydrogen-bond acceptors (Lipinski definition) is 5. The van der Waals surface area contributed by atoms with Crippen LogP contribution in [0.25, 0.3) is 0 Å². The van der Waals surface area contributed by atoms with Gasteiger partial charge in [-0.1, -0.05) is 12.8 Å². The predicted octanol–water partition coefficient (Wildman–Crippen LogP) is 3.26. The van der Waals surface area contributed by atoms with Crippen LogP contribution in [0.2, 0.25) is 0 Å². The second-order valence-corrected chi connectivity index (χ2v) is 6.71. The Morgan fingerprint density at radius 2 is 1.89 bits per heavy atom. The van der Waals surface area contributed by atoms with Crippen molar-refractivity contribution in [3.63, 3.8) is 0 Å². The summed E-state index contributed by atoms with van der Waals surface area (Å²) in [7, 11) is 5.21. The Morgan fingerprint density at radius 1 is 1.18 bits per heavy atom. The van der Waals surface area contributed by atoms with Gasteiger partial charge in [-0.2, -0.15) is 0 Å². The molecular formula is C19H29IN6O2. The van der Waals surface area contributed by atoms with Crippen LogP contribution in [0, 0.1) is 6.92 Å². The molecule has 9 heteroatoms. The van der Waals surface area contributed by atoms with Crippen LogP contribution in [-0.2, 0) is 13.6 Å². The zero-order valence-electron chi connectivity index (χ0n) is 16.9. The van der Waals surface area contributed by atoms with Crippen LogP contribution in [0.4, 0.5) is 5.69 Å². The molecule has 28 heavy (non-hydrogen) atoms. The first-order valence-corrected chi connectivity index (χ1v) is 9.25. The lowest BCUT2D eigenvalue weighted by atomic mass is 10.2. The molecule has 1 aromatic heterocycles. The van der Waals surface area contributed by atoms with Gasteiger partial charge in [0, 0.05) is 24.8 Å². The summed E-state index contributed by atoms with van der Waals surface area (Å²) in [5, 5.41) is 15.2. The molecule has 0 bridgehead atoms. The van der Waals surface area contributed by atoms with Crippen molar-refractivity contribution in [3.05, 3.63) is 29.8 Å². The van der Waals surface area contributed by atoms with Crippen molar-refractivity contribution in [2.45, 2.75) is 45.2 Å². The van der Waals surface area contributed by atoms with Gasteiger partial charge in [-0.3, -0.25) is 0 Å². The number of aryl methyl sites for hydroxylation is 1. The second-order valence-electron chi connectivity index (χ2n) is 6.71. The summed E-state index contributed by atoms with van der Waals surface area (Å²) in [4.78, 5) is 4.72. The Balaban J connectivity index is 0.00000280. The molecule has 1 aromatic carbocycles. The number of aliphatic imine (C=N–C) groups is 1. The van der Waals surface area contributed by atoms with E-state index in [0.29, 0.717) is 24.1 Å². The number of benzene rings is 1. The van der Waals surface area contributed by atoms with Gasteiger partial charge in [-0.05, 0) is 31.9 Å². The highest BCUT2D eigenvalue weighted by molar-refractivity contribution is 14.0. The van der Waals surface area contributed by atoms with Crippen LogP contribution in [0.1, 0.15) is 37.3 Å². The average molecular weight is 500 g/mol. The van der Waals surface area contributed by atoms with E-state index in [1.807, 2.05) is 36.7 Å². The van der Waals surface area contributed by atoms with Crippen molar-refractivity contribution in [2.75, 3.05) is 19.5 Å². The molecule has 0 spiro atoms. The number of aromatic nitrogens is 3. The number of nitrogens with zero attached hydrogens (tertiary/aromatic N) is 4. The molecule has 0 amide bonds. The van der Waals surface area contributed by atoms with E-state index >= 15 is 0 Å². The largest absolute Gasteiger partial charge is 0.493 e. The van der Waals surface area contributed by atoms with Crippen LogP contribution in [-0.4, -0.2) is 41.0 Å². The number of rotatable bonds is 6. The van der Waals surface area contributed by atoms with Crippen LogP contribution in [0.5, 0.6) is 11.5 Å². The second kappa shape index (κ2) is 10.5. The van der Waals surface area contributed by atoms with Crippen LogP contribution >= 0.6 is 24.0 Å². The maximum absolute atomic E-state index is 5.39. The maximum Gasteiger partial charge on any atom is 0.196 e. The third-order valence-electron chi connectivity index (χ3n) is 4.90. The van der Waals surface area contributed by atoms with Crippen molar-refractivity contribution in [2.24, 2.45) is 12.0 Å². The molecule has 1 fully saturated rings. The number of methoxy groups -OCH3 is 2. The van der Waals surface area contributed by atoms with E-state index in [9.17, 15) is 0 Å². The van der Waals surface area contributed by atoms with Gasteiger partial charge in [0.25, 0.3) is 0 Å². The first-order chi connectivity index (χ1) is 13.1. The Hall–Kier alpha value is -2.04. The zero-order chi connectivity index (χ0) is 19.2. The van der Waals surface area contributed by atoms with Crippen molar-refractivity contribution in [1.29, 1.82) is 0 Å². The van der Waals surface area contributed by atoms with Crippen molar-refractivity contribution >= 4 is 35.6 Å². The minimum atomic E-state index is 0. The topological polar surface area (TPSA) is 85.6 Å². The third kappa shape index (κ3) is 5.49. The van der Waals surface area contributed by atoms with E-state index in [-0.39, 0.29) is 24.0 Å². The maximum atomic E-state index is 5.39. The standard InChI is InChI=1S/C19H28N6O2.HI/c1-13-23-24-18(25(13)2)12-20-19(21-14-7-5-6-8-14)22-15-9-10-16(26-3)17(11-15)27-4;/h9-11,14H,5-8,12H2,1-4H3,(H2,20,21,22);1H. The summed E-state index contributed by atoms with van der Waals surface area (Å²) in [6.07, 6.45) is 4.83. The molecule has 8 nitrogen and oxygen atoms in total. The summed E-state index contributed by atoms with van der Waals surface area (Å²) < 4.78 is 12.7. The first kappa shape index (κ1) is 22.3. The molecule has 1 aliphatic carbocycles. The smallest absolute Gasteiger partial charge is 0.196 e. The van der Waals surface area contributed by atoms with Gasteiger partial charge in [-0.25, -0.2) is 4.99 Å². The van der Waals surface area contributed by atoms with Crippen molar-refractivity contribution in [1.82, 2.24) is 20.1 Å². The van der Waals surface area contributed by atoms with Gasteiger partial charge in [-0.15, -0.1) is 34.2 Å². The molecule has 1 saturated carbocycles. The van der Waals surface area contributed by atoms with Gasteiger partial charge < -0.3 is 24.7 Å². The summed E-state index contributed by atoms with van der Waals surface area (Å²) in [5.74, 6) is 3.80. The fraction of sp³-hybridized carbons (Fsp3) is 0.526.